The highest BCUT2D eigenvalue weighted by atomic mass is 16.5. The van der Waals surface area contributed by atoms with E-state index in [1.54, 1.807) is 6.92 Å². The minimum atomic E-state index is -0.663. The van der Waals surface area contributed by atoms with E-state index in [1.165, 1.54) is 12.4 Å². The topological polar surface area (TPSA) is 81.2 Å². The molecule has 6 heteroatoms. The van der Waals surface area contributed by atoms with Crippen molar-refractivity contribution in [2.45, 2.75) is 19.8 Å². The molecule has 23 heavy (non-hydrogen) atoms. The molecule has 0 saturated heterocycles. The maximum atomic E-state index is 11.7. The number of aromatic nitrogens is 2. The Bertz CT molecular complexity index is 657. The number of carbonyl (C=O) groups is 2. The number of rotatable bonds is 6. The molecule has 0 aliphatic carbocycles. The molecule has 6 nitrogen and oxygen atoms in total. The van der Waals surface area contributed by atoms with Gasteiger partial charge in [-0.3, -0.25) is 9.78 Å². The summed E-state index contributed by atoms with van der Waals surface area (Å²) in [5.74, 6) is -0.830. The molecular weight excluding hydrogens is 294 g/mol. The van der Waals surface area contributed by atoms with E-state index >= 15 is 0 Å². The summed E-state index contributed by atoms with van der Waals surface area (Å²) in [6.07, 6.45) is 2.80. The van der Waals surface area contributed by atoms with Gasteiger partial charge in [-0.05, 0) is 18.4 Å². The predicted molar refractivity (Wildman–Crippen MR) is 84.9 cm³/mol. The predicted octanol–water partition coefficient (Wildman–Crippen LogP) is 1.86. The van der Waals surface area contributed by atoms with E-state index < -0.39 is 5.97 Å². The van der Waals surface area contributed by atoms with Crippen molar-refractivity contribution >= 4 is 11.9 Å². The van der Waals surface area contributed by atoms with Gasteiger partial charge in [0, 0.05) is 12.7 Å². The van der Waals surface area contributed by atoms with Crippen LogP contribution < -0.4 is 5.32 Å². The van der Waals surface area contributed by atoms with Crippen LogP contribution in [-0.2, 0) is 9.53 Å². The van der Waals surface area contributed by atoms with Crippen molar-refractivity contribution < 1.29 is 14.3 Å². The van der Waals surface area contributed by atoms with Crippen LogP contribution in [0.15, 0.2) is 42.7 Å². The number of hydrogen-bond acceptors (Lipinski definition) is 5. The zero-order valence-corrected chi connectivity index (χ0v) is 13.2. The summed E-state index contributed by atoms with van der Waals surface area (Å²) in [6, 6.07) is 9.87. The highest BCUT2D eigenvalue weighted by Crippen LogP contribution is 2.12. The number of amides is 1. The Labute approximate surface area is 134 Å². The second kappa shape index (κ2) is 8.03. The standard InChI is InChI=1S/C17H19N3O3/c1-12(14-6-4-3-5-7-14)8-20-16(21)11-23-17(22)15-10-18-13(2)9-19-15/h3-7,9-10,12H,8,11H2,1-2H3,(H,20,21)/t12-/m1/s1. The van der Waals surface area contributed by atoms with E-state index in [0.717, 1.165) is 5.56 Å². The summed E-state index contributed by atoms with van der Waals surface area (Å²) in [5.41, 5.74) is 1.93. The maximum absolute atomic E-state index is 11.7. The third-order valence-electron chi connectivity index (χ3n) is 3.30. The van der Waals surface area contributed by atoms with Gasteiger partial charge in [0.1, 0.15) is 0 Å². The van der Waals surface area contributed by atoms with Gasteiger partial charge in [0.15, 0.2) is 12.3 Å². The SMILES string of the molecule is Cc1cnc(C(=O)OCC(=O)NC[C@@H](C)c2ccccc2)cn1. The third kappa shape index (κ3) is 5.18. The first-order valence-electron chi connectivity index (χ1n) is 7.33. The molecule has 0 bridgehead atoms. The number of aryl methyl sites for hydroxylation is 1. The van der Waals surface area contributed by atoms with Crippen molar-refractivity contribution in [3.05, 3.63) is 59.7 Å². The molecule has 0 aliphatic rings. The lowest BCUT2D eigenvalue weighted by molar-refractivity contribution is -0.124. The van der Waals surface area contributed by atoms with Crippen LogP contribution in [0, 0.1) is 6.92 Å². The molecule has 2 rings (SSSR count). The number of carbonyl (C=O) groups excluding carboxylic acids is 2. The van der Waals surface area contributed by atoms with Gasteiger partial charge in [-0.2, -0.15) is 0 Å². The van der Waals surface area contributed by atoms with E-state index in [0.29, 0.717) is 12.2 Å². The van der Waals surface area contributed by atoms with Crippen molar-refractivity contribution in [2.75, 3.05) is 13.2 Å². The average Bonchev–Trinajstić information content (AvgIpc) is 2.59. The Hall–Kier alpha value is -2.76. The minimum absolute atomic E-state index is 0.0843. The van der Waals surface area contributed by atoms with Crippen LogP contribution in [0.4, 0.5) is 0 Å². The largest absolute Gasteiger partial charge is 0.451 e. The Morgan fingerprint density at radius 1 is 1.17 bits per heavy atom. The van der Waals surface area contributed by atoms with Gasteiger partial charge >= 0.3 is 5.97 Å². The highest BCUT2D eigenvalue weighted by molar-refractivity contribution is 5.89. The van der Waals surface area contributed by atoms with Gasteiger partial charge in [-0.25, -0.2) is 9.78 Å². The second-order valence-corrected chi connectivity index (χ2v) is 5.23. The first kappa shape index (κ1) is 16.6. The molecular formula is C17H19N3O3. The Balaban J connectivity index is 1.75. The first-order valence-corrected chi connectivity index (χ1v) is 7.33. The van der Waals surface area contributed by atoms with E-state index in [4.69, 9.17) is 4.74 Å². The zero-order valence-electron chi connectivity index (χ0n) is 13.2. The molecule has 1 N–H and O–H groups in total. The molecule has 2 aromatic rings. The van der Waals surface area contributed by atoms with Gasteiger partial charge < -0.3 is 10.1 Å². The van der Waals surface area contributed by atoms with Crippen LogP contribution in [-0.4, -0.2) is 35.0 Å². The summed E-state index contributed by atoms with van der Waals surface area (Å²) in [5, 5.41) is 2.74. The van der Waals surface area contributed by atoms with Crippen molar-refractivity contribution in [3.63, 3.8) is 0 Å². The molecule has 120 valence electrons. The van der Waals surface area contributed by atoms with Crippen LogP contribution >= 0.6 is 0 Å². The average molecular weight is 313 g/mol. The molecule has 0 spiro atoms. The molecule has 0 saturated carbocycles. The van der Waals surface area contributed by atoms with E-state index in [2.05, 4.69) is 15.3 Å². The van der Waals surface area contributed by atoms with Crippen LogP contribution in [0.1, 0.15) is 34.6 Å². The summed E-state index contributed by atoms with van der Waals surface area (Å²) >= 11 is 0. The monoisotopic (exact) mass is 313 g/mol. The number of benzene rings is 1. The number of nitrogens with one attached hydrogen (secondary N) is 1. The molecule has 1 aromatic carbocycles. The minimum Gasteiger partial charge on any atom is -0.451 e. The van der Waals surface area contributed by atoms with Gasteiger partial charge in [-0.15, -0.1) is 0 Å². The van der Waals surface area contributed by atoms with Crippen molar-refractivity contribution in [3.8, 4) is 0 Å². The molecule has 0 radical (unpaired) electrons. The molecule has 1 heterocycles. The molecule has 1 aromatic heterocycles. The zero-order chi connectivity index (χ0) is 16.7. The first-order chi connectivity index (χ1) is 11.1. The molecule has 0 fully saturated rings. The number of ether oxygens (including phenoxy) is 1. The summed E-state index contributed by atoms with van der Waals surface area (Å²) < 4.78 is 4.91. The number of hydrogen-bond donors (Lipinski definition) is 1. The van der Waals surface area contributed by atoms with Crippen molar-refractivity contribution in [1.29, 1.82) is 0 Å². The second-order valence-electron chi connectivity index (χ2n) is 5.23. The van der Waals surface area contributed by atoms with Gasteiger partial charge in [0.25, 0.3) is 5.91 Å². The highest BCUT2D eigenvalue weighted by Gasteiger charge is 2.13. The fourth-order valence-electron chi connectivity index (χ4n) is 1.92. The van der Waals surface area contributed by atoms with E-state index in [1.807, 2.05) is 37.3 Å². The van der Waals surface area contributed by atoms with Crippen LogP contribution in [0.5, 0.6) is 0 Å². The number of nitrogens with zero attached hydrogens (tertiary/aromatic N) is 2. The summed E-state index contributed by atoms with van der Waals surface area (Å²) in [6.45, 7) is 3.92. The maximum Gasteiger partial charge on any atom is 0.359 e. The Morgan fingerprint density at radius 3 is 2.57 bits per heavy atom. The van der Waals surface area contributed by atoms with E-state index in [9.17, 15) is 9.59 Å². The lowest BCUT2D eigenvalue weighted by atomic mass is 10.0. The van der Waals surface area contributed by atoms with Crippen LogP contribution in [0.25, 0.3) is 0 Å². The Morgan fingerprint density at radius 2 is 1.91 bits per heavy atom. The van der Waals surface area contributed by atoms with Gasteiger partial charge in [0.2, 0.25) is 0 Å². The molecule has 1 amide bonds. The normalized spacial score (nSPS) is 11.6. The fraction of sp³-hybridized carbons (Fsp3) is 0.294. The van der Waals surface area contributed by atoms with Gasteiger partial charge in [-0.1, -0.05) is 37.3 Å². The lowest BCUT2D eigenvalue weighted by Gasteiger charge is -2.13. The van der Waals surface area contributed by atoms with Gasteiger partial charge in [0.05, 0.1) is 11.9 Å². The molecule has 0 aliphatic heterocycles. The third-order valence-corrected chi connectivity index (χ3v) is 3.30. The summed E-state index contributed by atoms with van der Waals surface area (Å²) in [7, 11) is 0. The quantitative estimate of drug-likeness (QED) is 0.823. The van der Waals surface area contributed by atoms with E-state index in [-0.39, 0.29) is 24.1 Å². The van der Waals surface area contributed by atoms with Crippen LogP contribution in [0.3, 0.4) is 0 Å². The Kier molecular flexibility index (Phi) is 5.80. The van der Waals surface area contributed by atoms with Crippen molar-refractivity contribution in [1.82, 2.24) is 15.3 Å². The van der Waals surface area contributed by atoms with Crippen molar-refractivity contribution in [2.24, 2.45) is 0 Å². The number of esters is 1. The molecule has 0 unspecified atom stereocenters. The fourth-order valence-corrected chi connectivity index (χ4v) is 1.92. The smallest absolute Gasteiger partial charge is 0.359 e. The lowest BCUT2D eigenvalue weighted by Crippen LogP contribution is -2.31. The van der Waals surface area contributed by atoms with Crippen LogP contribution in [0.2, 0.25) is 0 Å². The molecule has 1 atom stereocenters. The summed E-state index contributed by atoms with van der Waals surface area (Å²) in [4.78, 5) is 31.3.